The van der Waals surface area contributed by atoms with Gasteiger partial charge in [-0.3, -0.25) is 4.79 Å². The van der Waals surface area contributed by atoms with Gasteiger partial charge in [-0.05, 0) is 44.7 Å². The van der Waals surface area contributed by atoms with Crippen molar-refractivity contribution < 1.29 is 9.21 Å². The van der Waals surface area contributed by atoms with Crippen LogP contribution in [0.4, 0.5) is 0 Å². The molecule has 2 aliphatic rings. The van der Waals surface area contributed by atoms with E-state index in [0.717, 1.165) is 22.7 Å². The third-order valence-corrected chi connectivity index (χ3v) is 5.54. The van der Waals surface area contributed by atoms with E-state index in [-0.39, 0.29) is 36.8 Å². The lowest BCUT2D eigenvalue weighted by Gasteiger charge is -2.29. The number of carbonyl (C=O) groups is 1. The highest BCUT2D eigenvalue weighted by Crippen LogP contribution is 2.29. The lowest BCUT2D eigenvalue weighted by Crippen LogP contribution is -2.48. The molecule has 2 aromatic rings. The number of nitrogens with one attached hydrogen (secondary N) is 2. The molecule has 4 heterocycles. The zero-order valence-electron chi connectivity index (χ0n) is 13.3. The molecule has 2 aromatic heterocycles. The quantitative estimate of drug-likeness (QED) is 0.841. The summed E-state index contributed by atoms with van der Waals surface area (Å²) in [5.41, 5.74) is 0.530. The first-order valence-electron chi connectivity index (χ1n) is 7.77. The predicted molar refractivity (Wildman–Crippen MR) is 99.5 cm³/mol. The fourth-order valence-electron chi connectivity index (χ4n) is 3.54. The average Bonchev–Trinajstić information content (AvgIpc) is 3.19. The maximum Gasteiger partial charge on any atom is 0.271 e. The predicted octanol–water partition coefficient (Wildman–Crippen LogP) is 3.57. The van der Waals surface area contributed by atoms with E-state index in [1.807, 2.05) is 19.1 Å². The van der Waals surface area contributed by atoms with Gasteiger partial charge in [-0.25, -0.2) is 4.98 Å². The SMILES string of the molecule is Cc1sc(-c2ccco2)nc1C(=O)NC1CC2CCC(C1)N2.Cl.Cl. The molecule has 4 rings (SSSR count). The van der Waals surface area contributed by atoms with Crippen molar-refractivity contribution in [2.24, 2.45) is 0 Å². The van der Waals surface area contributed by atoms with Crippen LogP contribution in [-0.2, 0) is 0 Å². The van der Waals surface area contributed by atoms with Gasteiger partial charge in [0, 0.05) is 23.0 Å². The fraction of sp³-hybridized carbons (Fsp3) is 0.500. The van der Waals surface area contributed by atoms with E-state index in [9.17, 15) is 4.79 Å². The number of amides is 1. The Labute approximate surface area is 157 Å². The lowest BCUT2D eigenvalue weighted by molar-refractivity contribution is 0.0919. The number of hydrogen-bond acceptors (Lipinski definition) is 5. The number of hydrogen-bond donors (Lipinski definition) is 2. The van der Waals surface area contributed by atoms with Crippen LogP contribution in [0.15, 0.2) is 22.8 Å². The van der Waals surface area contributed by atoms with Crippen molar-refractivity contribution >= 4 is 42.1 Å². The molecule has 2 N–H and O–H groups in total. The van der Waals surface area contributed by atoms with Crippen LogP contribution in [0.5, 0.6) is 0 Å². The highest BCUT2D eigenvalue weighted by molar-refractivity contribution is 7.15. The van der Waals surface area contributed by atoms with Crippen LogP contribution in [0.25, 0.3) is 10.8 Å². The van der Waals surface area contributed by atoms with Crippen LogP contribution in [0.3, 0.4) is 0 Å². The number of carbonyl (C=O) groups excluding carboxylic acids is 1. The topological polar surface area (TPSA) is 67.2 Å². The summed E-state index contributed by atoms with van der Waals surface area (Å²) < 4.78 is 5.36. The summed E-state index contributed by atoms with van der Waals surface area (Å²) in [4.78, 5) is 17.9. The van der Waals surface area contributed by atoms with Crippen LogP contribution in [-0.4, -0.2) is 29.0 Å². The van der Waals surface area contributed by atoms with E-state index in [2.05, 4.69) is 15.6 Å². The molecule has 24 heavy (non-hydrogen) atoms. The summed E-state index contributed by atoms with van der Waals surface area (Å²) in [5, 5.41) is 7.52. The van der Waals surface area contributed by atoms with Crippen LogP contribution < -0.4 is 10.6 Å². The van der Waals surface area contributed by atoms with Crippen molar-refractivity contribution in [3.05, 3.63) is 29.0 Å². The van der Waals surface area contributed by atoms with Crippen molar-refractivity contribution in [2.45, 2.75) is 50.7 Å². The third kappa shape index (κ3) is 3.77. The van der Waals surface area contributed by atoms with Crippen LogP contribution in [0.1, 0.15) is 41.0 Å². The molecule has 8 heteroatoms. The second kappa shape index (κ2) is 7.87. The van der Waals surface area contributed by atoms with Gasteiger partial charge < -0.3 is 15.1 Å². The first-order valence-corrected chi connectivity index (χ1v) is 8.59. The minimum absolute atomic E-state index is 0. The summed E-state index contributed by atoms with van der Waals surface area (Å²) >= 11 is 1.50. The number of halogens is 2. The minimum atomic E-state index is -0.0575. The molecule has 2 saturated heterocycles. The van der Waals surface area contributed by atoms with E-state index in [0.29, 0.717) is 23.5 Å². The highest BCUT2D eigenvalue weighted by Gasteiger charge is 2.34. The van der Waals surface area contributed by atoms with Gasteiger partial charge in [0.05, 0.1) is 6.26 Å². The van der Waals surface area contributed by atoms with Gasteiger partial charge in [0.2, 0.25) is 0 Å². The third-order valence-electron chi connectivity index (χ3n) is 4.55. The van der Waals surface area contributed by atoms with Crippen molar-refractivity contribution in [3.8, 4) is 10.8 Å². The Morgan fingerprint density at radius 3 is 2.67 bits per heavy atom. The number of piperidine rings is 1. The van der Waals surface area contributed by atoms with Crippen molar-refractivity contribution in [2.75, 3.05) is 0 Å². The van der Waals surface area contributed by atoms with Crippen LogP contribution in [0, 0.1) is 6.92 Å². The average molecular weight is 390 g/mol. The molecular formula is C16H21Cl2N3O2S. The second-order valence-electron chi connectivity index (χ2n) is 6.18. The standard InChI is InChI=1S/C16H19N3O2S.2ClH/c1-9-14(19-16(22-9)13-3-2-6-21-13)15(20)18-12-7-10-4-5-11(8-12)17-10;;/h2-3,6,10-12,17H,4-5,7-8H2,1H3,(H,18,20);2*1H. The van der Waals surface area contributed by atoms with Gasteiger partial charge in [0.1, 0.15) is 5.69 Å². The van der Waals surface area contributed by atoms with Gasteiger partial charge in [-0.15, -0.1) is 36.2 Å². The number of fused-ring (bicyclic) bond motifs is 2. The number of thiazole rings is 1. The van der Waals surface area contributed by atoms with Crippen molar-refractivity contribution in [1.29, 1.82) is 0 Å². The Morgan fingerprint density at radius 1 is 1.33 bits per heavy atom. The lowest BCUT2D eigenvalue weighted by atomic mass is 10.00. The Hall–Kier alpha value is -1.08. The molecular weight excluding hydrogens is 369 g/mol. The molecule has 2 aliphatic heterocycles. The van der Waals surface area contributed by atoms with E-state index in [1.54, 1.807) is 6.26 Å². The Balaban J connectivity index is 0.00000104. The van der Waals surface area contributed by atoms with Crippen LogP contribution >= 0.6 is 36.2 Å². The number of furan rings is 1. The van der Waals surface area contributed by atoms with E-state index < -0.39 is 0 Å². The Morgan fingerprint density at radius 2 is 2.04 bits per heavy atom. The van der Waals surface area contributed by atoms with E-state index in [1.165, 1.54) is 24.2 Å². The van der Waals surface area contributed by atoms with E-state index >= 15 is 0 Å². The summed E-state index contributed by atoms with van der Waals surface area (Å²) in [6.45, 7) is 1.94. The zero-order valence-corrected chi connectivity index (χ0v) is 15.7. The Kier molecular flexibility index (Phi) is 6.31. The summed E-state index contributed by atoms with van der Waals surface area (Å²) in [5.74, 6) is 0.657. The molecule has 0 spiro atoms. The maximum atomic E-state index is 12.5. The second-order valence-corrected chi connectivity index (χ2v) is 7.38. The molecule has 2 unspecified atom stereocenters. The zero-order chi connectivity index (χ0) is 15.1. The van der Waals surface area contributed by atoms with Crippen LogP contribution in [0.2, 0.25) is 0 Å². The first kappa shape index (κ1) is 19.2. The highest BCUT2D eigenvalue weighted by atomic mass is 35.5. The fourth-order valence-corrected chi connectivity index (χ4v) is 4.42. The van der Waals surface area contributed by atoms with Gasteiger partial charge in [0.15, 0.2) is 10.8 Å². The number of aryl methyl sites for hydroxylation is 1. The largest absolute Gasteiger partial charge is 0.462 e. The number of aromatic nitrogens is 1. The number of nitrogens with zero attached hydrogens (tertiary/aromatic N) is 1. The van der Waals surface area contributed by atoms with E-state index in [4.69, 9.17) is 4.42 Å². The summed E-state index contributed by atoms with van der Waals surface area (Å²) in [7, 11) is 0. The maximum absolute atomic E-state index is 12.5. The van der Waals surface area contributed by atoms with Crippen molar-refractivity contribution in [3.63, 3.8) is 0 Å². The van der Waals surface area contributed by atoms with Gasteiger partial charge in [0.25, 0.3) is 5.91 Å². The molecule has 0 aromatic carbocycles. The minimum Gasteiger partial charge on any atom is -0.462 e. The van der Waals surface area contributed by atoms with Gasteiger partial charge in [-0.2, -0.15) is 0 Å². The molecule has 2 fully saturated rings. The number of rotatable bonds is 3. The summed E-state index contributed by atoms with van der Waals surface area (Å²) in [6.07, 6.45) is 6.13. The van der Waals surface area contributed by atoms with Gasteiger partial charge >= 0.3 is 0 Å². The smallest absolute Gasteiger partial charge is 0.271 e. The molecule has 0 saturated carbocycles. The molecule has 2 bridgehead atoms. The first-order chi connectivity index (χ1) is 10.7. The van der Waals surface area contributed by atoms with Crippen molar-refractivity contribution in [1.82, 2.24) is 15.6 Å². The molecule has 2 atom stereocenters. The normalized spacial score (nSPS) is 24.8. The monoisotopic (exact) mass is 389 g/mol. The molecule has 132 valence electrons. The molecule has 5 nitrogen and oxygen atoms in total. The van der Waals surface area contributed by atoms with Gasteiger partial charge in [-0.1, -0.05) is 0 Å². The summed E-state index contributed by atoms with van der Waals surface area (Å²) in [6, 6.07) is 5.10. The molecule has 1 amide bonds. The molecule has 0 radical (unpaired) electrons. The Bertz CT molecular complexity index is 678. The molecule has 0 aliphatic carbocycles.